The van der Waals surface area contributed by atoms with Gasteiger partial charge in [0.25, 0.3) is 5.91 Å². The van der Waals surface area contributed by atoms with Crippen molar-refractivity contribution < 1.29 is 38.1 Å². The average Bonchev–Trinajstić information content (AvgIpc) is 2.86. The van der Waals surface area contributed by atoms with Crippen LogP contribution in [0, 0.1) is 0 Å². The molecule has 0 aliphatic heterocycles. The van der Waals surface area contributed by atoms with Crippen molar-refractivity contribution in [2.45, 2.75) is 65.4 Å². The highest BCUT2D eigenvalue weighted by molar-refractivity contribution is 5.98. The lowest BCUT2D eigenvalue weighted by Crippen LogP contribution is -2.43. The summed E-state index contributed by atoms with van der Waals surface area (Å²) in [5.74, 6) is -1.67. The van der Waals surface area contributed by atoms with Gasteiger partial charge in [-0.2, -0.15) is 0 Å². The van der Waals surface area contributed by atoms with Crippen molar-refractivity contribution in [1.82, 2.24) is 10.3 Å². The van der Waals surface area contributed by atoms with E-state index in [2.05, 4.69) is 10.3 Å². The molecule has 3 atom stereocenters. The Morgan fingerprint density at radius 1 is 1.08 bits per heavy atom. The molecule has 0 aliphatic carbocycles. The Morgan fingerprint density at radius 3 is 2.44 bits per heavy atom. The summed E-state index contributed by atoms with van der Waals surface area (Å²) in [6.45, 7) is 6.49. The normalized spacial score (nSPS) is 13.1. The minimum atomic E-state index is -0.981. The van der Waals surface area contributed by atoms with E-state index in [9.17, 15) is 14.4 Å². The molecule has 0 saturated heterocycles. The van der Waals surface area contributed by atoms with Crippen LogP contribution in [0.3, 0.4) is 0 Å². The van der Waals surface area contributed by atoms with Crippen LogP contribution in [0.2, 0.25) is 0 Å². The van der Waals surface area contributed by atoms with Gasteiger partial charge in [0, 0.05) is 19.2 Å². The number of aromatic nitrogens is 1. The van der Waals surface area contributed by atoms with Gasteiger partial charge in [-0.05, 0) is 25.8 Å². The fourth-order valence-electron chi connectivity index (χ4n) is 3.26. The lowest BCUT2D eigenvalue weighted by molar-refractivity contribution is -0.159. The number of ether oxygens (including phenoxy) is 5. The largest absolute Gasteiger partial charge is 0.493 e. The summed E-state index contributed by atoms with van der Waals surface area (Å²) < 4.78 is 27.0. The molecule has 1 heterocycles. The summed E-state index contributed by atoms with van der Waals surface area (Å²) in [5.41, 5.74) is 0.888. The Morgan fingerprint density at radius 2 is 1.81 bits per heavy atom. The van der Waals surface area contributed by atoms with Gasteiger partial charge in [-0.1, -0.05) is 43.7 Å². The topological polar surface area (TPSA) is 122 Å². The summed E-state index contributed by atoms with van der Waals surface area (Å²) in [6, 6.07) is 10.2. The number of rotatable bonds is 14. The zero-order valence-electron chi connectivity index (χ0n) is 21.3. The number of carbonyl (C=O) groups is 3. The van der Waals surface area contributed by atoms with E-state index in [1.165, 1.54) is 33.2 Å². The molecule has 1 aromatic carbocycles. The molecule has 2 rings (SSSR count). The van der Waals surface area contributed by atoms with Crippen LogP contribution in [0.15, 0.2) is 42.6 Å². The van der Waals surface area contributed by atoms with Gasteiger partial charge in [-0.25, -0.2) is 9.78 Å². The van der Waals surface area contributed by atoms with Gasteiger partial charge in [-0.3, -0.25) is 9.59 Å². The Hall–Kier alpha value is -3.66. The van der Waals surface area contributed by atoms with Crippen molar-refractivity contribution in [3.8, 4) is 11.5 Å². The molecule has 2 aromatic rings. The standard InChI is InChI=1S/C26H34N2O8/c1-6-10-21(33-15-20-11-8-7-9-12-20)18(3)36-26(31)17(2)28-25(30)23-24(35-16-34-19(4)29)22(32-5)13-14-27-23/h7-9,11-14,17-18,21H,6,10,15-16H2,1-5H3,(H,28,30)/t17-,18-,21+/m0/s1. The van der Waals surface area contributed by atoms with E-state index < -0.39 is 36.8 Å². The first kappa shape index (κ1) is 28.6. The van der Waals surface area contributed by atoms with E-state index in [-0.39, 0.29) is 23.3 Å². The summed E-state index contributed by atoms with van der Waals surface area (Å²) in [7, 11) is 1.39. The molecule has 1 N–H and O–H groups in total. The molecule has 0 fully saturated rings. The molecule has 0 aliphatic rings. The van der Waals surface area contributed by atoms with Gasteiger partial charge in [-0.15, -0.1) is 0 Å². The third-order valence-corrected chi connectivity index (χ3v) is 5.18. The maximum absolute atomic E-state index is 12.9. The van der Waals surface area contributed by atoms with Gasteiger partial charge in [0.1, 0.15) is 12.1 Å². The van der Waals surface area contributed by atoms with Crippen LogP contribution in [-0.4, -0.2) is 55.0 Å². The number of nitrogens with zero attached hydrogens (tertiary/aromatic N) is 1. The van der Waals surface area contributed by atoms with Crippen molar-refractivity contribution >= 4 is 17.8 Å². The number of nitrogens with one attached hydrogen (secondary N) is 1. The molecule has 0 radical (unpaired) electrons. The molecule has 196 valence electrons. The van der Waals surface area contributed by atoms with Crippen LogP contribution in [0.4, 0.5) is 0 Å². The zero-order chi connectivity index (χ0) is 26.5. The van der Waals surface area contributed by atoms with Crippen LogP contribution in [0.25, 0.3) is 0 Å². The molecule has 0 saturated carbocycles. The number of esters is 2. The van der Waals surface area contributed by atoms with Crippen molar-refractivity contribution in [1.29, 1.82) is 0 Å². The molecule has 10 nitrogen and oxygen atoms in total. The lowest BCUT2D eigenvalue weighted by atomic mass is 10.1. The Balaban J connectivity index is 2.00. The average molecular weight is 503 g/mol. The summed E-state index contributed by atoms with van der Waals surface area (Å²) in [6.07, 6.45) is 2.09. The molecule has 1 amide bonds. The van der Waals surface area contributed by atoms with E-state index in [1.54, 1.807) is 6.92 Å². The third kappa shape index (κ3) is 8.84. The number of methoxy groups -OCH3 is 1. The monoisotopic (exact) mass is 502 g/mol. The van der Waals surface area contributed by atoms with E-state index >= 15 is 0 Å². The zero-order valence-corrected chi connectivity index (χ0v) is 21.3. The van der Waals surface area contributed by atoms with Gasteiger partial charge >= 0.3 is 11.9 Å². The Labute approximate surface area is 211 Å². The number of hydrogen-bond acceptors (Lipinski definition) is 9. The van der Waals surface area contributed by atoms with Crippen LogP contribution in [-0.2, 0) is 30.4 Å². The van der Waals surface area contributed by atoms with Crippen molar-refractivity contribution in [3.63, 3.8) is 0 Å². The van der Waals surface area contributed by atoms with Crippen molar-refractivity contribution in [2.75, 3.05) is 13.9 Å². The number of hydrogen-bond donors (Lipinski definition) is 1. The highest BCUT2D eigenvalue weighted by Crippen LogP contribution is 2.29. The smallest absolute Gasteiger partial charge is 0.328 e. The summed E-state index contributed by atoms with van der Waals surface area (Å²) >= 11 is 0. The quantitative estimate of drug-likeness (QED) is 0.306. The van der Waals surface area contributed by atoms with E-state index in [4.69, 9.17) is 23.7 Å². The van der Waals surface area contributed by atoms with E-state index in [1.807, 2.05) is 37.3 Å². The van der Waals surface area contributed by atoms with Crippen LogP contribution in [0.1, 0.15) is 56.6 Å². The van der Waals surface area contributed by atoms with E-state index in [0.29, 0.717) is 13.0 Å². The summed E-state index contributed by atoms with van der Waals surface area (Å²) in [4.78, 5) is 40.7. The van der Waals surface area contributed by atoms with Gasteiger partial charge in [0.2, 0.25) is 6.79 Å². The molecule has 0 bridgehead atoms. The summed E-state index contributed by atoms with van der Waals surface area (Å²) in [5, 5.41) is 2.56. The number of carbonyl (C=O) groups excluding carboxylic acids is 3. The Kier molecular flexibility index (Phi) is 11.6. The van der Waals surface area contributed by atoms with Crippen molar-refractivity contribution in [3.05, 3.63) is 53.9 Å². The third-order valence-electron chi connectivity index (χ3n) is 5.18. The predicted molar refractivity (Wildman–Crippen MR) is 130 cm³/mol. The molecule has 0 unspecified atom stereocenters. The second-order valence-electron chi connectivity index (χ2n) is 8.05. The molecule has 1 aromatic heterocycles. The van der Waals surface area contributed by atoms with Crippen LogP contribution >= 0.6 is 0 Å². The van der Waals surface area contributed by atoms with Crippen LogP contribution < -0.4 is 14.8 Å². The van der Waals surface area contributed by atoms with Gasteiger partial charge in [0.05, 0.1) is 19.8 Å². The highest BCUT2D eigenvalue weighted by atomic mass is 16.7. The fraction of sp³-hybridized carbons (Fsp3) is 0.462. The molecule has 0 spiro atoms. The first-order chi connectivity index (χ1) is 17.3. The van der Waals surface area contributed by atoms with Crippen molar-refractivity contribution in [2.24, 2.45) is 0 Å². The minimum absolute atomic E-state index is 0.0231. The maximum Gasteiger partial charge on any atom is 0.328 e. The molecule has 36 heavy (non-hydrogen) atoms. The van der Waals surface area contributed by atoms with Gasteiger partial charge < -0.3 is 29.0 Å². The first-order valence-corrected chi connectivity index (χ1v) is 11.7. The van der Waals surface area contributed by atoms with E-state index in [0.717, 1.165) is 12.0 Å². The fourth-order valence-corrected chi connectivity index (χ4v) is 3.26. The lowest BCUT2D eigenvalue weighted by Gasteiger charge is -2.25. The SMILES string of the molecule is CCC[C@@H](OCc1ccccc1)[C@H](C)OC(=O)[C@H](C)NC(=O)c1nccc(OC)c1OCOC(C)=O. The Bertz CT molecular complexity index is 999. The first-order valence-electron chi connectivity index (χ1n) is 11.7. The van der Waals surface area contributed by atoms with Crippen LogP contribution in [0.5, 0.6) is 11.5 Å². The number of benzene rings is 1. The maximum atomic E-state index is 12.9. The predicted octanol–water partition coefficient (Wildman–Crippen LogP) is 3.43. The molecular weight excluding hydrogens is 468 g/mol. The second kappa shape index (κ2) is 14.7. The number of pyridine rings is 1. The molecule has 10 heteroatoms. The number of amides is 1. The second-order valence-corrected chi connectivity index (χ2v) is 8.05. The highest BCUT2D eigenvalue weighted by Gasteiger charge is 2.27. The minimum Gasteiger partial charge on any atom is -0.493 e. The molecular formula is C26H34N2O8. The van der Waals surface area contributed by atoms with Gasteiger partial charge in [0.15, 0.2) is 17.2 Å².